The number of aryl methyl sites for hydroxylation is 1. The van der Waals surface area contributed by atoms with Crippen molar-refractivity contribution < 1.29 is 4.74 Å². The van der Waals surface area contributed by atoms with E-state index >= 15 is 0 Å². The smallest absolute Gasteiger partial charge is 0.210 e. The van der Waals surface area contributed by atoms with Crippen LogP contribution in [0.3, 0.4) is 0 Å². The zero-order valence-electron chi connectivity index (χ0n) is 13.4. The fourth-order valence-corrected chi connectivity index (χ4v) is 3.72. The third-order valence-corrected chi connectivity index (χ3v) is 5.27. The Morgan fingerprint density at radius 3 is 2.71 bits per heavy atom. The van der Waals surface area contributed by atoms with Crippen molar-refractivity contribution in [1.82, 2.24) is 14.9 Å². The molecule has 0 aliphatic carbocycles. The van der Waals surface area contributed by atoms with E-state index in [4.69, 9.17) is 10.6 Å². The van der Waals surface area contributed by atoms with E-state index in [0.717, 1.165) is 32.7 Å². The van der Waals surface area contributed by atoms with E-state index in [-0.39, 0.29) is 0 Å². The molecule has 0 radical (unpaired) electrons. The SMILES string of the molecule is COc1ccc(CSc2nnc(-c3ccccc3C)n2N)cc1Br. The average molecular weight is 405 g/mol. The quantitative estimate of drug-likeness (QED) is 0.513. The molecule has 3 rings (SSSR count). The minimum Gasteiger partial charge on any atom is -0.496 e. The van der Waals surface area contributed by atoms with Crippen LogP contribution in [0.5, 0.6) is 5.75 Å². The number of hydrogen-bond donors (Lipinski definition) is 1. The largest absolute Gasteiger partial charge is 0.496 e. The number of hydrogen-bond acceptors (Lipinski definition) is 5. The van der Waals surface area contributed by atoms with Crippen LogP contribution < -0.4 is 10.6 Å². The van der Waals surface area contributed by atoms with Gasteiger partial charge in [0.05, 0.1) is 11.6 Å². The molecule has 7 heteroatoms. The van der Waals surface area contributed by atoms with Gasteiger partial charge in [-0.15, -0.1) is 10.2 Å². The highest BCUT2D eigenvalue weighted by Crippen LogP contribution is 2.30. The first-order valence-electron chi connectivity index (χ1n) is 7.32. The lowest BCUT2D eigenvalue weighted by Crippen LogP contribution is -2.12. The number of thioether (sulfide) groups is 1. The Balaban J connectivity index is 1.78. The number of aromatic nitrogens is 3. The number of rotatable bonds is 5. The lowest BCUT2D eigenvalue weighted by Gasteiger charge is -2.07. The predicted octanol–water partition coefficient (Wildman–Crippen LogP) is 4.03. The number of methoxy groups -OCH3 is 1. The molecule has 0 bridgehead atoms. The highest BCUT2D eigenvalue weighted by atomic mass is 79.9. The summed E-state index contributed by atoms with van der Waals surface area (Å²) in [6.45, 7) is 2.03. The van der Waals surface area contributed by atoms with Crippen molar-refractivity contribution in [3.05, 3.63) is 58.1 Å². The molecule has 0 atom stereocenters. The van der Waals surface area contributed by atoms with Crippen molar-refractivity contribution in [1.29, 1.82) is 0 Å². The van der Waals surface area contributed by atoms with Crippen molar-refractivity contribution in [3.8, 4) is 17.1 Å². The number of nitrogens with two attached hydrogens (primary N) is 1. The highest BCUT2D eigenvalue weighted by molar-refractivity contribution is 9.10. The van der Waals surface area contributed by atoms with Gasteiger partial charge in [0.1, 0.15) is 5.75 Å². The Bertz CT molecular complexity index is 866. The van der Waals surface area contributed by atoms with Gasteiger partial charge in [-0.2, -0.15) is 0 Å². The van der Waals surface area contributed by atoms with E-state index < -0.39 is 0 Å². The maximum Gasteiger partial charge on any atom is 0.210 e. The second kappa shape index (κ2) is 7.27. The summed E-state index contributed by atoms with van der Waals surface area (Å²) in [6, 6.07) is 14.0. The minimum atomic E-state index is 0.673. The fraction of sp³-hybridized carbons (Fsp3) is 0.176. The second-order valence-electron chi connectivity index (χ2n) is 5.25. The van der Waals surface area contributed by atoms with Crippen LogP contribution in [0.15, 0.2) is 52.1 Å². The van der Waals surface area contributed by atoms with Gasteiger partial charge in [-0.3, -0.25) is 0 Å². The Morgan fingerprint density at radius 1 is 1.21 bits per heavy atom. The first-order chi connectivity index (χ1) is 11.6. The summed E-state index contributed by atoms with van der Waals surface area (Å²) in [4.78, 5) is 0. The number of benzene rings is 2. The van der Waals surface area contributed by atoms with Crippen molar-refractivity contribution >= 4 is 27.7 Å². The number of halogens is 1. The van der Waals surface area contributed by atoms with Crippen molar-refractivity contribution in [2.24, 2.45) is 0 Å². The molecular weight excluding hydrogens is 388 g/mol. The van der Waals surface area contributed by atoms with Crippen molar-refractivity contribution in [2.45, 2.75) is 17.8 Å². The van der Waals surface area contributed by atoms with E-state index in [1.165, 1.54) is 0 Å². The van der Waals surface area contributed by atoms with Crippen molar-refractivity contribution in [2.75, 3.05) is 13.0 Å². The lowest BCUT2D eigenvalue weighted by atomic mass is 10.1. The second-order valence-corrected chi connectivity index (χ2v) is 7.05. The standard InChI is InChI=1S/C17H17BrN4OS/c1-11-5-3-4-6-13(11)16-20-21-17(22(16)19)24-10-12-7-8-15(23-2)14(18)9-12/h3-9H,10,19H2,1-2H3. The highest BCUT2D eigenvalue weighted by Gasteiger charge is 2.14. The third-order valence-electron chi connectivity index (χ3n) is 3.63. The van der Waals surface area contributed by atoms with Crippen LogP contribution in [0.25, 0.3) is 11.4 Å². The molecule has 0 unspecified atom stereocenters. The van der Waals surface area contributed by atoms with Gasteiger partial charge < -0.3 is 10.6 Å². The zero-order valence-corrected chi connectivity index (χ0v) is 15.8. The monoisotopic (exact) mass is 404 g/mol. The summed E-state index contributed by atoms with van der Waals surface area (Å²) >= 11 is 5.04. The van der Waals surface area contributed by atoms with Crippen LogP contribution in [0.1, 0.15) is 11.1 Å². The van der Waals surface area contributed by atoms with Gasteiger partial charge in [0.15, 0.2) is 5.82 Å². The van der Waals surface area contributed by atoms with E-state index in [1.807, 2.05) is 49.4 Å². The minimum absolute atomic E-state index is 0.673. The fourth-order valence-electron chi connectivity index (χ4n) is 2.33. The lowest BCUT2D eigenvalue weighted by molar-refractivity contribution is 0.412. The molecule has 2 N–H and O–H groups in total. The number of nitrogen functional groups attached to an aromatic ring is 1. The van der Waals surface area contributed by atoms with Gasteiger partial charge in [0.25, 0.3) is 0 Å². The molecule has 1 heterocycles. The first kappa shape index (κ1) is 16.9. The summed E-state index contributed by atoms with van der Waals surface area (Å²) in [5.41, 5.74) is 3.26. The molecule has 0 spiro atoms. The zero-order chi connectivity index (χ0) is 17.1. The summed E-state index contributed by atoms with van der Waals surface area (Å²) < 4.78 is 7.72. The van der Waals surface area contributed by atoms with Gasteiger partial charge in [0, 0.05) is 11.3 Å². The van der Waals surface area contributed by atoms with Gasteiger partial charge >= 0.3 is 0 Å². The number of nitrogens with zero attached hydrogens (tertiary/aromatic N) is 3. The Labute approximate surface area is 153 Å². The van der Waals surface area contributed by atoms with Crippen LogP contribution >= 0.6 is 27.7 Å². The molecule has 0 aliphatic rings. The molecule has 24 heavy (non-hydrogen) atoms. The first-order valence-corrected chi connectivity index (χ1v) is 9.09. The van der Waals surface area contributed by atoms with Crippen LogP contribution in [0.2, 0.25) is 0 Å². The van der Waals surface area contributed by atoms with E-state index in [0.29, 0.717) is 11.0 Å². The van der Waals surface area contributed by atoms with E-state index in [1.54, 1.807) is 23.5 Å². The molecular formula is C17H17BrN4OS. The van der Waals surface area contributed by atoms with Gasteiger partial charge in [0.2, 0.25) is 5.16 Å². The van der Waals surface area contributed by atoms with Gasteiger partial charge in [-0.25, -0.2) is 4.68 Å². The van der Waals surface area contributed by atoms with Crippen LogP contribution in [-0.4, -0.2) is 22.0 Å². The molecule has 1 aromatic heterocycles. The summed E-state index contributed by atoms with van der Waals surface area (Å²) in [5, 5.41) is 9.14. The maximum atomic E-state index is 6.19. The van der Waals surface area contributed by atoms with Gasteiger partial charge in [-0.1, -0.05) is 42.1 Å². The van der Waals surface area contributed by atoms with Crippen molar-refractivity contribution in [3.63, 3.8) is 0 Å². The number of ether oxygens (including phenoxy) is 1. The van der Waals surface area contributed by atoms with E-state index in [9.17, 15) is 0 Å². The molecule has 2 aromatic carbocycles. The van der Waals surface area contributed by atoms with Crippen LogP contribution in [0, 0.1) is 6.92 Å². The molecule has 0 fully saturated rings. The predicted molar refractivity (Wildman–Crippen MR) is 101 cm³/mol. The van der Waals surface area contributed by atoms with Crippen LogP contribution in [0.4, 0.5) is 0 Å². The topological polar surface area (TPSA) is 66.0 Å². The summed E-state index contributed by atoms with van der Waals surface area (Å²) in [6.07, 6.45) is 0. The Hall–Kier alpha value is -1.99. The molecule has 0 amide bonds. The molecule has 0 saturated heterocycles. The van der Waals surface area contributed by atoms with Crippen LogP contribution in [-0.2, 0) is 5.75 Å². The molecule has 3 aromatic rings. The normalized spacial score (nSPS) is 10.8. The molecule has 0 saturated carbocycles. The maximum absolute atomic E-state index is 6.19. The molecule has 0 aliphatic heterocycles. The Morgan fingerprint density at radius 2 is 2.00 bits per heavy atom. The summed E-state index contributed by atoms with van der Waals surface area (Å²) in [7, 11) is 1.65. The summed E-state index contributed by atoms with van der Waals surface area (Å²) in [5.74, 6) is 8.41. The molecule has 5 nitrogen and oxygen atoms in total. The Kier molecular flexibility index (Phi) is 5.11. The third kappa shape index (κ3) is 3.42. The molecule has 124 valence electrons. The average Bonchev–Trinajstić information content (AvgIpc) is 2.94. The van der Waals surface area contributed by atoms with Gasteiger partial charge in [-0.05, 0) is 46.1 Å². The van der Waals surface area contributed by atoms with E-state index in [2.05, 4.69) is 26.1 Å².